The Labute approximate surface area is 198 Å². The van der Waals surface area contributed by atoms with Crippen LogP contribution in [0.3, 0.4) is 0 Å². The van der Waals surface area contributed by atoms with Crippen molar-refractivity contribution in [3.63, 3.8) is 0 Å². The predicted molar refractivity (Wildman–Crippen MR) is 126 cm³/mol. The zero-order chi connectivity index (χ0) is 24.0. The number of furan rings is 1. The third-order valence-electron chi connectivity index (χ3n) is 5.70. The van der Waals surface area contributed by atoms with E-state index in [0.29, 0.717) is 55.4 Å². The van der Waals surface area contributed by atoms with Crippen LogP contribution in [-0.4, -0.2) is 44.9 Å². The van der Waals surface area contributed by atoms with Gasteiger partial charge in [0.05, 0.1) is 24.5 Å². The molecule has 7 nitrogen and oxygen atoms in total. The molecule has 9 heteroatoms. The van der Waals surface area contributed by atoms with Crippen molar-refractivity contribution in [2.75, 3.05) is 26.3 Å². The van der Waals surface area contributed by atoms with Gasteiger partial charge in [-0.15, -0.1) is 0 Å². The van der Waals surface area contributed by atoms with Gasteiger partial charge in [-0.2, -0.15) is 4.31 Å². The van der Waals surface area contributed by atoms with Gasteiger partial charge >= 0.3 is 0 Å². The number of ether oxygens (including phenoxy) is 1. The first-order valence-corrected chi connectivity index (χ1v) is 12.8. The van der Waals surface area contributed by atoms with Crippen molar-refractivity contribution in [3.8, 4) is 11.3 Å². The van der Waals surface area contributed by atoms with Crippen molar-refractivity contribution in [2.24, 2.45) is 0 Å². The van der Waals surface area contributed by atoms with Gasteiger partial charge in [-0.3, -0.25) is 4.79 Å². The highest BCUT2D eigenvalue weighted by molar-refractivity contribution is 7.88. The molecule has 0 aliphatic carbocycles. The Bertz CT molecular complexity index is 1240. The van der Waals surface area contributed by atoms with Crippen molar-refractivity contribution < 1.29 is 26.8 Å². The number of halogens is 1. The van der Waals surface area contributed by atoms with E-state index in [-0.39, 0.29) is 30.4 Å². The molecule has 34 heavy (non-hydrogen) atoms. The van der Waals surface area contributed by atoms with E-state index in [2.05, 4.69) is 5.32 Å². The smallest absolute Gasteiger partial charge is 0.220 e. The number of carbonyl (C=O) groups excluding carboxylic acids is 1. The Morgan fingerprint density at radius 1 is 0.971 bits per heavy atom. The average Bonchev–Trinajstić information content (AvgIpc) is 3.32. The number of sulfonamides is 1. The van der Waals surface area contributed by atoms with Crippen LogP contribution in [0.1, 0.15) is 23.3 Å². The van der Waals surface area contributed by atoms with Crippen LogP contribution < -0.4 is 5.32 Å². The van der Waals surface area contributed by atoms with E-state index in [0.717, 1.165) is 5.56 Å². The number of hydrogen-bond donors (Lipinski definition) is 1. The zero-order valence-corrected chi connectivity index (χ0v) is 19.5. The maximum Gasteiger partial charge on any atom is 0.220 e. The van der Waals surface area contributed by atoms with Crippen LogP contribution in [0, 0.1) is 5.82 Å². The van der Waals surface area contributed by atoms with E-state index in [9.17, 15) is 17.6 Å². The van der Waals surface area contributed by atoms with Gasteiger partial charge in [0.2, 0.25) is 15.9 Å². The van der Waals surface area contributed by atoms with Crippen molar-refractivity contribution in [3.05, 3.63) is 83.4 Å². The molecule has 2 heterocycles. The van der Waals surface area contributed by atoms with E-state index in [1.807, 2.05) is 12.1 Å². The number of aryl methyl sites for hydroxylation is 1. The van der Waals surface area contributed by atoms with Crippen molar-refractivity contribution in [2.45, 2.75) is 25.1 Å². The molecular formula is C25H27FN2O5S. The van der Waals surface area contributed by atoms with E-state index >= 15 is 0 Å². The molecular weight excluding hydrogens is 459 g/mol. The number of carbonyl (C=O) groups is 1. The lowest BCUT2D eigenvalue weighted by atomic mass is 10.1. The molecule has 4 rings (SSSR count). The molecule has 1 aliphatic rings. The summed E-state index contributed by atoms with van der Waals surface area (Å²) in [7, 11) is -3.47. The molecule has 1 aromatic heterocycles. The molecule has 0 bridgehead atoms. The van der Waals surface area contributed by atoms with Crippen molar-refractivity contribution >= 4 is 15.9 Å². The predicted octanol–water partition coefficient (Wildman–Crippen LogP) is 3.50. The van der Waals surface area contributed by atoms with Crippen molar-refractivity contribution in [1.82, 2.24) is 9.62 Å². The first-order valence-electron chi connectivity index (χ1n) is 11.1. The first-order chi connectivity index (χ1) is 16.4. The first kappa shape index (κ1) is 24.1. The summed E-state index contributed by atoms with van der Waals surface area (Å²) >= 11 is 0. The second-order valence-electron chi connectivity index (χ2n) is 8.06. The number of nitrogens with zero attached hydrogens (tertiary/aromatic N) is 1. The molecule has 0 saturated carbocycles. The lowest BCUT2D eigenvalue weighted by Gasteiger charge is -2.26. The normalized spacial score (nSPS) is 14.7. The second-order valence-corrected chi connectivity index (χ2v) is 10.0. The van der Waals surface area contributed by atoms with Gasteiger partial charge in [-0.1, -0.05) is 36.4 Å². The molecule has 0 radical (unpaired) electrons. The zero-order valence-electron chi connectivity index (χ0n) is 18.7. The summed E-state index contributed by atoms with van der Waals surface area (Å²) in [6, 6.07) is 17.0. The van der Waals surface area contributed by atoms with Gasteiger partial charge in [-0.25, -0.2) is 12.8 Å². The Morgan fingerprint density at radius 3 is 2.44 bits per heavy atom. The Morgan fingerprint density at radius 2 is 1.68 bits per heavy atom. The van der Waals surface area contributed by atoms with Gasteiger partial charge in [-0.05, 0) is 35.4 Å². The average molecular weight is 487 g/mol. The quantitative estimate of drug-likeness (QED) is 0.500. The third kappa shape index (κ3) is 6.11. The Balaban J connectivity index is 1.31. The number of amides is 1. The number of hydrogen-bond acceptors (Lipinski definition) is 5. The summed E-state index contributed by atoms with van der Waals surface area (Å²) in [6.45, 7) is 1.73. The molecule has 3 aromatic rings. The summed E-state index contributed by atoms with van der Waals surface area (Å²) in [5.74, 6) is 0.337. The molecule has 1 fully saturated rings. The summed E-state index contributed by atoms with van der Waals surface area (Å²) in [6.07, 6.45) is 0.561. The molecule has 1 N–H and O–H groups in total. The Kier molecular flexibility index (Phi) is 7.77. The maximum atomic E-state index is 13.9. The monoisotopic (exact) mass is 486 g/mol. The van der Waals surface area contributed by atoms with E-state index in [4.69, 9.17) is 9.15 Å². The van der Waals surface area contributed by atoms with Gasteiger partial charge in [0.15, 0.2) is 0 Å². The standard InChI is InChI=1S/C25H27FN2O5S/c26-23-8-4-3-7-22(23)24-11-9-21(33-24)10-12-25(29)27-17-19-5-1-2-6-20(19)18-34(30,31)28-13-15-32-16-14-28/h1-9,11H,10,12-18H2,(H,27,29). The molecule has 0 unspecified atom stereocenters. The fourth-order valence-electron chi connectivity index (χ4n) is 3.82. The summed E-state index contributed by atoms with van der Waals surface area (Å²) in [4.78, 5) is 12.4. The van der Waals surface area contributed by atoms with E-state index in [1.165, 1.54) is 10.4 Å². The van der Waals surface area contributed by atoms with Crippen LogP contribution in [-0.2, 0) is 38.3 Å². The number of benzene rings is 2. The molecule has 0 spiro atoms. The molecule has 1 amide bonds. The number of morpholine rings is 1. The Hall–Kier alpha value is -3.01. The van der Waals surface area contributed by atoms with Gasteiger partial charge in [0.25, 0.3) is 0 Å². The van der Waals surface area contributed by atoms with Gasteiger partial charge in [0, 0.05) is 32.5 Å². The largest absolute Gasteiger partial charge is 0.461 e. The minimum Gasteiger partial charge on any atom is -0.461 e. The topological polar surface area (TPSA) is 88.8 Å². The third-order valence-corrected chi connectivity index (χ3v) is 7.52. The lowest BCUT2D eigenvalue weighted by Crippen LogP contribution is -2.41. The number of nitrogens with one attached hydrogen (secondary N) is 1. The van der Waals surface area contributed by atoms with E-state index < -0.39 is 10.0 Å². The van der Waals surface area contributed by atoms with Crippen molar-refractivity contribution in [1.29, 1.82) is 0 Å². The van der Waals surface area contributed by atoms with Crippen LogP contribution in [0.2, 0.25) is 0 Å². The minimum atomic E-state index is -3.47. The van der Waals surface area contributed by atoms with Crippen LogP contribution in [0.25, 0.3) is 11.3 Å². The number of rotatable bonds is 9. The van der Waals surface area contributed by atoms with Crippen LogP contribution >= 0.6 is 0 Å². The fourth-order valence-corrected chi connectivity index (χ4v) is 5.38. The SMILES string of the molecule is O=C(CCc1ccc(-c2ccccc2F)o1)NCc1ccccc1CS(=O)(=O)N1CCOCC1. The molecule has 2 aromatic carbocycles. The highest BCUT2D eigenvalue weighted by atomic mass is 32.2. The maximum absolute atomic E-state index is 13.9. The van der Waals surface area contributed by atoms with Crippen LogP contribution in [0.15, 0.2) is 65.1 Å². The second kappa shape index (κ2) is 10.9. The van der Waals surface area contributed by atoms with Crippen LogP contribution in [0.5, 0.6) is 0 Å². The summed E-state index contributed by atoms with van der Waals surface area (Å²) in [5.41, 5.74) is 1.80. The minimum absolute atomic E-state index is 0.121. The molecule has 1 saturated heterocycles. The van der Waals surface area contributed by atoms with Crippen LogP contribution in [0.4, 0.5) is 4.39 Å². The lowest BCUT2D eigenvalue weighted by molar-refractivity contribution is -0.121. The highest BCUT2D eigenvalue weighted by Crippen LogP contribution is 2.25. The molecule has 0 atom stereocenters. The molecule has 180 valence electrons. The molecule has 1 aliphatic heterocycles. The van der Waals surface area contributed by atoms with E-state index in [1.54, 1.807) is 42.5 Å². The summed E-state index contributed by atoms with van der Waals surface area (Å²) in [5, 5.41) is 2.85. The van der Waals surface area contributed by atoms with Gasteiger partial charge < -0.3 is 14.5 Å². The highest BCUT2D eigenvalue weighted by Gasteiger charge is 2.25. The fraction of sp³-hybridized carbons (Fsp3) is 0.320. The summed E-state index contributed by atoms with van der Waals surface area (Å²) < 4.78 is 51.9. The van der Waals surface area contributed by atoms with Gasteiger partial charge in [0.1, 0.15) is 17.3 Å².